The summed E-state index contributed by atoms with van der Waals surface area (Å²) in [7, 11) is 0. The molecule has 0 saturated heterocycles. The van der Waals surface area contributed by atoms with E-state index in [0.29, 0.717) is 17.8 Å². The Morgan fingerprint density at radius 2 is 1.73 bits per heavy atom. The highest BCUT2D eigenvalue weighted by atomic mass is 16.1. The molecule has 0 bridgehead atoms. The van der Waals surface area contributed by atoms with Crippen LogP contribution in [0.2, 0.25) is 0 Å². The summed E-state index contributed by atoms with van der Waals surface area (Å²) in [4.78, 5) is 12.3. The van der Waals surface area contributed by atoms with E-state index in [1.54, 1.807) is 12.1 Å². The average molecular weight is 296 g/mol. The molecular formula is C19H24N2O. The van der Waals surface area contributed by atoms with Gasteiger partial charge in [0, 0.05) is 17.8 Å². The zero-order valence-electron chi connectivity index (χ0n) is 13.7. The van der Waals surface area contributed by atoms with Crippen molar-refractivity contribution in [1.82, 2.24) is 5.32 Å². The molecule has 0 heterocycles. The molecule has 22 heavy (non-hydrogen) atoms. The minimum atomic E-state index is -0.0929. The molecule has 0 radical (unpaired) electrons. The molecule has 3 heteroatoms. The predicted molar refractivity (Wildman–Crippen MR) is 91.9 cm³/mol. The van der Waals surface area contributed by atoms with Crippen LogP contribution in [0, 0.1) is 6.92 Å². The number of hydrogen-bond acceptors (Lipinski definition) is 2. The van der Waals surface area contributed by atoms with E-state index in [9.17, 15) is 4.79 Å². The number of anilines is 1. The monoisotopic (exact) mass is 296 g/mol. The fourth-order valence-corrected chi connectivity index (χ4v) is 2.28. The Morgan fingerprint density at radius 3 is 2.32 bits per heavy atom. The molecule has 3 N–H and O–H groups in total. The van der Waals surface area contributed by atoms with Gasteiger partial charge >= 0.3 is 0 Å². The number of benzene rings is 2. The van der Waals surface area contributed by atoms with Crippen molar-refractivity contribution in [2.45, 2.75) is 39.7 Å². The topological polar surface area (TPSA) is 55.1 Å². The van der Waals surface area contributed by atoms with Crippen LogP contribution in [-0.4, -0.2) is 5.91 Å². The Kier molecular flexibility index (Phi) is 4.55. The fourth-order valence-electron chi connectivity index (χ4n) is 2.28. The molecule has 0 fully saturated rings. The maximum atomic E-state index is 12.3. The lowest BCUT2D eigenvalue weighted by Gasteiger charge is -2.19. The van der Waals surface area contributed by atoms with E-state index in [2.05, 4.69) is 50.4 Å². The van der Waals surface area contributed by atoms with Crippen LogP contribution in [0.3, 0.4) is 0 Å². The summed E-state index contributed by atoms with van der Waals surface area (Å²) in [5.74, 6) is -0.0929. The number of carbonyl (C=O) groups is 1. The minimum Gasteiger partial charge on any atom is -0.399 e. The van der Waals surface area contributed by atoms with Crippen LogP contribution in [0.25, 0.3) is 0 Å². The van der Waals surface area contributed by atoms with Crippen molar-refractivity contribution in [3.63, 3.8) is 0 Å². The molecule has 0 saturated carbocycles. The first-order valence-corrected chi connectivity index (χ1v) is 7.51. The molecule has 0 aliphatic carbocycles. The van der Waals surface area contributed by atoms with E-state index >= 15 is 0 Å². The summed E-state index contributed by atoms with van der Waals surface area (Å²) >= 11 is 0. The van der Waals surface area contributed by atoms with Gasteiger partial charge in [-0.1, -0.05) is 51.1 Å². The lowest BCUT2D eigenvalue weighted by atomic mass is 9.87. The van der Waals surface area contributed by atoms with Crippen LogP contribution in [-0.2, 0) is 12.0 Å². The number of rotatable bonds is 3. The lowest BCUT2D eigenvalue weighted by molar-refractivity contribution is 0.0950. The molecule has 1 amide bonds. The third-order valence-corrected chi connectivity index (χ3v) is 3.78. The van der Waals surface area contributed by atoms with Gasteiger partial charge in [-0.3, -0.25) is 4.79 Å². The standard InChI is InChI=1S/C19H24N2O/c1-13-5-10-16(20)11-17(13)18(22)21-12-14-6-8-15(9-7-14)19(2,3)4/h5-11H,12,20H2,1-4H3,(H,21,22). The van der Waals surface area contributed by atoms with Gasteiger partial charge in [0.1, 0.15) is 0 Å². The number of aryl methyl sites for hydroxylation is 1. The summed E-state index contributed by atoms with van der Waals surface area (Å²) in [5, 5.41) is 2.95. The first-order valence-electron chi connectivity index (χ1n) is 7.51. The summed E-state index contributed by atoms with van der Waals surface area (Å²) in [5.41, 5.74) is 10.4. The van der Waals surface area contributed by atoms with Crippen molar-refractivity contribution < 1.29 is 4.79 Å². The third kappa shape index (κ3) is 3.88. The fraction of sp³-hybridized carbons (Fsp3) is 0.316. The highest BCUT2D eigenvalue weighted by Crippen LogP contribution is 2.22. The number of nitrogens with one attached hydrogen (secondary N) is 1. The summed E-state index contributed by atoms with van der Waals surface area (Å²) < 4.78 is 0. The highest BCUT2D eigenvalue weighted by molar-refractivity contribution is 5.96. The van der Waals surface area contributed by atoms with Gasteiger partial charge in [0.25, 0.3) is 5.91 Å². The summed E-state index contributed by atoms with van der Waals surface area (Å²) in [6, 6.07) is 13.7. The largest absolute Gasteiger partial charge is 0.399 e. The Hall–Kier alpha value is -2.29. The second-order valence-electron chi connectivity index (χ2n) is 6.70. The maximum absolute atomic E-state index is 12.3. The van der Waals surface area contributed by atoms with E-state index < -0.39 is 0 Å². The van der Waals surface area contributed by atoms with E-state index in [0.717, 1.165) is 11.1 Å². The average Bonchev–Trinajstić information content (AvgIpc) is 2.47. The Morgan fingerprint density at radius 1 is 1.09 bits per heavy atom. The Bertz CT molecular complexity index is 667. The first kappa shape index (κ1) is 16.1. The summed E-state index contributed by atoms with van der Waals surface area (Å²) in [6.45, 7) is 8.98. The molecule has 2 aromatic rings. The quantitative estimate of drug-likeness (QED) is 0.846. The molecule has 0 unspecified atom stereocenters. The zero-order chi connectivity index (χ0) is 16.3. The number of hydrogen-bond donors (Lipinski definition) is 2. The van der Waals surface area contributed by atoms with E-state index in [-0.39, 0.29) is 11.3 Å². The van der Waals surface area contributed by atoms with Gasteiger partial charge in [-0.25, -0.2) is 0 Å². The normalized spacial score (nSPS) is 11.3. The van der Waals surface area contributed by atoms with Gasteiger partial charge in [-0.05, 0) is 41.2 Å². The van der Waals surface area contributed by atoms with Crippen molar-refractivity contribution in [3.05, 3.63) is 64.7 Å². The van der Waals surface area contributed by atoms with E-state index in [4.69, 9.17) is 5.73 Å². The van der Waals surface area contributed by atoms with Crippen LogP contribution in [0.5, 0.6) is 0 Å². The molecule has 0 aromatic heterocycles. The van der Waals surface area contributed by atoms with E-state index in [1.165, 1.54) is 5.56 Å². The van der Waals surface area contributed by atoms with Crippen LogP contribution < -0.4 is 11.1 Å². The van der Waals surface area contributed by atoms with Crippen molar-refractivity contribution in [2.75, 3.05) is 5.73 Å². The lowest BCUT2D eigenvalue weighted by Crippen LogP contribution is -2.23. The molecular weight excluding hydrogens is 272 g/mol. The van der Waals surface area contributed by atoms with Gasteiger partial charge in [0.05, 0.1) is 0 Å². The molecule has 0 aliphatic heterocycles. The second-order valence-corrected chi connectivity index (χ2v) is 6.70. The van der Waals surface area contributed by atoms with Crippen LogP contribution in [0.4, 0.5) is 5.69 Å². The minimum absolute atomic E-state index is 0.0929. The number of amides is 1. The number of nitrogen functional groups attached to an aromatic ring is 1. The Labute approximate surface area is 132 Å². The van der Waals surface area contributed by atoms with Gasteiger partial charge in [-0.2, -0.15) is 0 Å². The van der Waals surface area contributed by atoms with Crippen molar-refractivity contribution in [2.24, 2.45) is 0 Å². The molecule has 2 aromatic carbocycles. The Balaban J connectivity index is 2.04. The smallest absolute Gasteiger partial charge is 0.251 e. The highest BCUT2D eigenvalue weighted by Gasteiger charge is 2.13. The SMILES string of the molecule is Cc1ccc(N)cc1C(=O)NCc1ccc(C(C)(C)C)cc1. The number of nitrogens with two attached hydrogens (primary N) is 1. The molecule has 3 nitrogen and oxygen atoms in total. The third-order valence-electron chi connectivity index (χ3n) is 3.78. The van der Waals surface area contributed by atoms with Gasteiger partial charge in [0.2, 0.25) is 0 Å². The van der Waals surface area contributed by atoms with Crippen LogP contribution in [0.15, 0.2) is 42.5 Å². The zero-order valence-corrected chi connectivity index (χ0v) is 13.7. The number of carbonyl (C=O) groups excluding carboxylic acids is 1. The molecule has 0 atom stereocenters. The summed E-state index contributed by atoms with van der Waals surface area (Å²) in [6.07, 6.45) is 0. The van der Waals surface area contributed by atoms with Crippen LogP contribution >= 0.6 is 0 Å². The van der Waals surface area contributed by atoms with Gasteiger partial charge in [0.15, 0.2) is 0 Å². The molecule has 0 spiro atoms. The van der Waals surface area contributed by atoms with Crippen molar-refractivity contribution >= 4 is 11.6 Å². The predicted octanol–water partition coefficient (Wildman–Crippen LogP) is 3.80. The van der Waals surface area contributed by atoms with Gasteiger partial charge in [-0.15, -0.1) is 0 Å². The maximum Gasteiger partial charge on any atom is 0.251 e. The first-order chi connectivity index (χ1) is 10.3. The van der Waals surface area contributed by atoms with Crippen LogP contribution in [0.1, 0.15) is 47.8 Å². The van der Waals surface area contributed by atoms with E-state index in [1.807, 2.05) is 13.0 Å². The molecule has 116 valence electrons. The van der Waals surface area contributed by atoms with Gasteiger partial charge < -0.3 is 11.1 Å². The second kappa shape index (κ2) is 6.22. The molecule has 2 rings (SSSR count). The molecule has 0 aliphatic rings. The van der Waals surface area contributed by atoms with Crippen molar-refractivity contribution in [1.29, 1.82) is 0 Å². The van der Waals surface area contributed by atoms with Crippen molar-refractivity contribution in [3.8, 4) is 0 Å².